The van der Waals surface area contributed by atoms with Crippen LogP contribution in [0.2, 0.25) is 0 Å². The van der Waals surface area contributed by atoms with E-state index in [1.54, 1.807) is 0 Å². The Balaban J connectivity index is 1.65. The molecule has 1 heterocycles. The van der Waals surface area contributed by atoms with Crippen LogP contribution in [0, 0.1) is 12.8 Å². The monoisotopic (exact) mass is 359 g/mol. The van der Waals surface area contributed by atoms with Crippen LogP contribution in [-0.2, 0) is 0 Å². The maximum Gasteiger partial charge on any atom is 0.133 e. The minimum absolute atomic E-state index is 0.314. The molecule has 0 bridgehead atoms. The van der Waals surface area contributed by atoms with Crippen molar-refractivity contribution in [1.29, 1.82) is 0 Å². The molecule has 0 saturated carbocycles. The summed E-state index contributed by atoms with van der Waals surface area (Å²) in [5, 5.41) is 13.3. The Morgan fingerprint density at radius 1 is 1.55 bits per heavy atom. The Hall–Kier alpha value is -0.230. The third kappa shape index (κ3) is 5.28. The van der Waals surface area contributed by atoms with E-state index >= 15 is 0 Å². The molecule has 0 amide bonds. The molecule has 5 heteroatoms. The molecule has 3 nitrogen and oxygen atoms in total. The van der Waals surface area contributed by atoms with E-state index in [2.05, 4.69) is 21.2 Å². The number of thioether (sulfide) groups is 1. The zero-order valence-electron chi connectivity index (χ0n) is 11.8. The maximum atomic E-state index is 9.92. The van der Waals surface area contributed by atoms with Crippen molar-refractivity contribution < 1.29 is 9.84 Å². The molecule has 1 fully saturated rings. The van der Waals surface area contributed by atoms with Crippen LogP contribution in [0.3, 0.4) is 0 Å². The standard InChI is InChI=1S/C15H22BrNO2S/c1-11-2-3-15(14(16)6-11)19-9-13(18)8-17-7-12-4-5-20-10-12/h2-3,6,12-13,17-18H,4-5,7-10H2,1H3. The second kappa shape index (κ2) is 8.27. The second-order valence-corrected chi connectivity index (χ2v) is 7.29. The lowest BCUT2D eigenvalue weighted by Crippen LogP contribution is -2.34. The van der Waals surface area contributed by atoms with E-state index in [1.807, 2.05) is 36.9 Å². The summed E-state index contributed by atoms with van der Waals surface area (Å²) in [5.41, 5.74) is 1.18. The number of ether oxygens (including phenoxy) is 1. The van der Waals surface area contributed by atoms with E-state index in [9.17, 15) is 5.11 Å². The Morgan fingerprint density at radius 3 is 3.10 bits per heavy atom. The number of rotatable bonds is 7. The van der Waals surface area contributed by atoms with Crippen LogP contribution in [0.4, 0.5) is 0 Å². The van der Waals surface area contributed by atoms with Crippen molar-refractivity contribution in [2.24, 2.45) is 5.92 Å². The largest absolute Gasteiger partial charge is 0.490 e. The summed E-state index contributed by atoms with van der Waals surface area (Å²) < 4.78 is 6.57. The molecule has 2 atom stereocenters. The van der Waals surface area contributed by atoms with E-state index in [4.69, 9.17) is 4.74 Å². The quantitative estimate of drug-likeness (QED) is 0.785. The van der Waals surface area contributed by atoms with Gasteiger partial charge in [-0.3, -0.25) is 0 Å². The Morgan fingerprint density at radius 2 is 2.40 bits per heavy atom. The van der Waals surface area contributed by atoms with Crippen molar-refractivity contribution >= 4 is 27.7 Å². The lowest BCUT2D eigenvalue weighted by Gasteiger charge is -2.16. The normalized spacial score (nSPS) is 20.1. The number of benzene rings is 1. The highest BCUT2D eigenvalue weighted by Crippen LogP contribution is 2.25. The molecule has 0 radical (unpaired) electrons. The molecule has 1 aliphatic heterocycles. The lowest BCUT2D eigenvalue weighted by atomic mass is 10.1. The zero-order valence-corrected chi connectivity index (χ0v) is 14.2. The summed E-state index contributed by atoms with van der Waals surface area (Å²) in [4.78, 5) is 0. The number of aryl methyl sites for hydroxylation is 1. The van der Waals surface area contributed by atoms with Crippen LogP contribution in [0.15, 0.2) is 22.7 Å². The van der Waals surface area contributed by atoms with Gasteiger partial charge < -0.3 is 15.2 Å². The topological polar surface area (TPSA) is 41.5 Å². The molecule has 1 aromatic carbocycles. The van der Waals surface area contributed by atoms with Crippen LogP contribution in [-0.4, -0.2) is 42.4 Å². The molecular weight excluding hydrogens is 338 g/mol. The van der Waals surface area contributed by atoms with Crippen LogP contribution >= 0.6 is 27.7 Å². The summed E-state index contributed by atoms with van der Waals surface area (Å²) >= 11 is 5.49. The van der Waals surface area contributed by atoms with Gasteiger partial charge in [-0.2, -0.15) is 11.8 Å². The molecule has 0 aromatic heterocycles. The van der Waals surface area contributed by atoms with Crippen molar-refractivity contribution in [1.82, 2.24) is 5.32 Å². The van der Waals surface area contributed by atoms with Crippen LogP contribution < -0.4 is 10.1 Å². The molecule has 0 aliphatic carbocycles. The van der Waals surface area contributed by atoms with Gasteiger partial charge in [-0.15, -0.1) is 0 Å². The fourth-order valence-electron chi connectivity index (χ4n) is 2.17. The molecule has 1 aliphatic rings. The number of aliphatic hydroxyl groups excluding tert-OH is 1. The first-order chi connectivity index (χ1) is 9.65. The summed E-state index contributed by atoms with van der Waals surface area (Å²) in [6.07, 6.45) is 0.817. The molecule has 1 aromatic rings. The van der Waals surface area contributed by atoms with E-state index < -0.39 is 6.10 Å². The fourth-order valence-corrected chi connectivity index (χ4v) is 4.06. The first-order valence-electron chi connectivity index (χ1n) is 7.00. The summed E-state index contributed by atoms with van der Waals surface area (Å²) in [5.74, 6) is 4.07. The van der Waals surface area contributed by atoms with Crippen molar-refractivity contribution in [2.45, 2.75) is 19.4 Å². The molecule has 2 rings (SSSR count). The number of hydrogen-bond donors (Lipinski definition) is 2. The minimum Gasteiger partial charge on any atom is -0.490 e. The number of hydrogen-bond acceptors (Lipinski definition) is 4. The van der Waals surface area contributed by atoms with Gasteiger partial charge in [-0.05, 0) is 70.9 Å². The Bertz CT molecular complexity index is 424. The van der Waals surface area contributed by atoms with E-state index in [1.165, 1.54) is 23.5 Å². The van der Waals surface area contributed by atoms with Gasteiger partial charge >= 0.3 is 0 Å². The van der Waals surface area contributed by atoms with Gasteiger partial charge in [0.05, 0.1) is 4.47 Å². The first kappa shape index (κ1) is 16.1. The fraction of sp³-hybridized carbons (Fsp3) is 0.600. The first-order valence-corrected chi connectivity index (χ1v) is 8.95. The highest BCUT2D eigenvalue weighted by atomic mass is 79.9. The van der Waals surface area contributed by atoms with Gasteiger partial charge in [0.2, 0.25) is 0 Å². The molecule has 2 unspecified atom stereocenters. The van der Waals surface area contributed by atoms with Crippen molar-refractivity contribution in [2.75, 3.05) is 31.2 Å². The average molecular weight is 360 g/mol. The molecule has 112 valence electrons. The molecular formula is C15H22BrNO2S. The third-order valence-corrected chi connectivity index (χ3v) is 5.21. The van der Waals surface area contributed by atoms with Gasteiger partial charge in [0.1, 0.15) is 18.5 Å². The smallest absolute Gasteiger partial charge is 0.133 e. The predicted octanol–water partition coefficient (Wildman–Crippen LogP) is 2.84. The maximum absolute atomic E-state index is 9.92. The van der Waals surface area contributed by atoms with Crippen LogP contribution in [0.1, 0.15) is 12.0 Å². The Labute approximate surface area is 133 Å². The van der Waals surface area contributed by atoms with Gasteiger partial charge in [-0.1, -0.05) is 6.07 Å². The SMILES string of the molecule is Cc1ccc(OCC(O)CNCC2CCSC2)c(Br)c1. The Kier molecular flexibility index (Phi) is 6.68. The lowest BCUT2D eigenvalue weighted by molar-refractivity contribution is 0.105. The van der Waals surface area contributed by atoms with E-state index in [0.717, 1.165) is 22.7 Å². The summed E-state index contributed by atoms with van der Waals surface area (Å²) in [6.45, 7) is 3.94. The highest BCUT2D eigenvalue weighted by molar-refractivity contribution is 9.10. The molecule has 2 N–H and O–H groups in total. The minimum atomic E-state index is -0.475. The number of nitrogens with one attached hydrogen (secondary N) is 1. The van der Waals surface area contributed by atoms with E-state index in [0.29, 0.717) is 13.2 Å². The van der Waals surface area contributed by atoms with Crippen LogP contribution in [0.25, 0.3) is 0 Å². The second-order valence-electron chi connectivity index (χ2n) is 5.29. The number of aliphatic hydroxyl groups is 1. The van der Waals surface area contributed by atoms with Gasteiger partial charge in [0.25, 0.3) is 0 Å². The zero-order chi connectivity index (χ0) is 14.4. The van der Waals surface area contributed by atoms with Gasteiger partial charge in [0, 0.05) is 6.54 Å². The number of halogens is 1. The molecule has 0 spiro atoms. The predicted molar refractivity (Wildman–Crippen MR) is 88.7 cm³/mol. The molecule has 20 heavy (non-hydrogen) atoms. The third-order valence-electron chi connectivity index (χ3n) is 3.36. The van der Waals surface area contributed by atoms with Gasteiger partial charge in [0.15, 0.2) is 0 Å². The summed E-state index contributed by atoms with van der Waals surface area (Å²) in [6, 6.07) is 5.94. The van der Waals surface area contributed by atoms with Gasteiger partial charge in [-0.25, -0.2) is 0 Å². The molecule has 1 saturated heterocycles. The average Bonchev–Trinajstić information content (AvgIpc) is 2.91. The van der Waals surface area contributed by atoms with Crippen LogP contribution in [0.5, 0.6) is 5.75 Å². The highest BCUT2D eigenvalue weighted by Gasteiger charge is 2.15. The summed E-state index contributed by atoms with van der Waals surface area (Å²) in [7, 11) is 0. The van der Waals surface area contributed by atoms with Crippen molar-refractivity contribution in [3.05, 3.63) is 28.2 Å². The van der Waals surface area contributed by atoms with Crippen molar-refractivity contribution in [3.8, 4) is 5.75 Å². The van der Waals surface area contributed by atoms with Crippen molar-refractivity contribution in [3.63, 3.8) is 0 Å². The van der Waals surface area contributed by atoms with E-state index in [-0.39, 0.29) is 0 Å².